The van der Waals surface area contributed by atoms with Gasteiger partial charge in [-0.25, -0.2) is 4.98 Å². The molecular formula is C12H17N3O. The molecule has 16 heavy (non-hydrogen) atoms. The highest BCUT2D eigenvalue weighted by Gasteiger charge is 2.16. The molecule has 0 aliphatic heterocycles. The molecule has 2 aromatic rings. The Balaban J connectivity index is 2.14. The molecule has 0 spiro atoms. The molecule has 0 aliphatic rings. The second-order valence-electron chi connectivity index (χ2n) is 3.79. The molecule has 0 saturated heterocycles. The summed E-state index contributed by atoms with van der Waals surface area (Å²) in [6.45, 7) is 3.01. The fraction of sp³-hybridized carbons (Fsp3) is 0.417. The highest BCUT2D eigenvalue weighted by Crippen LogP contribution is 2.16. The van der Waals surface area contributed by atoms with Gasteiger partial charge in [-0.1, -0.05) is 6.92 Å². The predicted molar refractivity (Wildman–Crippen MR) is 62.0 cm³/mol. The maximum absolute atomic E-state index is 5.37. The fourth-order valence-electron chi connectivity index (χ4n) is 1.84. The van der Waals surface area contributed by atoms with E-state index in [1.807, 2.05) is 36.1 Å². The zero-order chi connectivity index (χ0) is 11.4. The van der Waals surface area contributed by atoms with Crippen LogP contribution in [-0.2, 0) is 13.5 Å². The Hall–Kier alpha value is -1.55. The van der Waals surface area contributed by atoms with Gasteiger partial charge in [-0.3, -0.25) is 0 Å². The van der Waals surface area contributed by atoms with Gasteiger partial charge in [0.2, 0.25) is 0 Å². The average Bonchev–Trinajstić information content (AvgIpc) is 2.88. The number of furan rings is 1. The van der Waals surface area contributed by atoms with E-state index < -0.39 is 0 Å². The summed E-state index contributed by atoms with van der Waals surface area (Å²) in [5, 5.41) is 3.42. The van der Waals surface area contributed by atoms with E-state index in [9.17, 15) is 0 Å². The van der Waals surface area contributed by atoms with E-state index in [-0.39, 0.29) is 6.04 Å². The minimum atomic E-state index is 0.205. The van der Waals surface area contributed by atoms with Crippen LogP contribution in [0.15, 0.2) is 35.2 Å². The van der Waals surface area contributed by atoms with E-state index in [1.165, 1.54) is 0 Å². The normalized spacial score (nSPS) is 12.9. The third-order valence-corrected chi connectivity index (χ3v) is 2.61. The Kier molecular flexibility index (Phi) is 3.41. The molecule has 4 heteroatoms. The average molecular weight is 219 g/mol. The fourth-order valence-corrected chi connectivity index (χ4v) is 1.84. The van der Waals surface area contributed by atoms with Crippen LogP contribution in [0.5, 0.6) is 0 Å². The summed E-state index contributed by atoms with van der Waals surface area (Å²) in [6, 6.07) is 4.11. The summed E-state index contributed by atoms with van der Waals surface area (Å²) in [4.78, 5) is 4.37. The molecule has 0 bridgehead atoms. The largest absolute Gasteiger partial charge is 0.469 e. The van der Waals surface area contributed by atoms with Gasteiger partial charge in [-0.15, -0.1) is 0 Å². The van der Waals surface area contributed by atoms with Gasteiger partial charge in [0.1, 0.15) is 11.6 Å². The van der Waals surface area contributed by atoms with Crippen molar-refractivity contribution in [1.82, 2.24) is 14.9 Å². The highest BCUT2D eigenvalue weighted by atomic mass is 16.3. The number of likely N-dealkylation sites (N-methyl/N-ethyl adjacent to an activating group) is 1. The molecule has 86 valence electrons. The Morgan fingerprint density at radius 1 is 1.56 bits per heavy atom. The summed E-state index contributed by atoms with van der Waals surface area (Å²) in [6.07, 6.45) is 6.31. The lowest BCUT2D eigenvalue weighted by molar-refractivity contribution is 0.437. The van der Waals surface area contributed by atoms with E-state index in [0.29, 0.717) is 0 Å². The molecule has 2 aromatic heterocycles. The van der Waals surface area contributed by atoms with Gasteiger partial charge in [-0.2, -0.15) is 0 Å². The van der Waals surface area contributed by atoms with E-state index in [4.69, 9.17) is 4.42 Å². The van der Waals surface area contributed by atoms with E-state index in [0.717, 1.165) is 24.6 Å². The second-order valence-corrected chi connectivity index (χ2v) is 3.79. The number of aryl methyl sites for hydroxylation is 1. The first-order valence-corrected chi connectivity index (χ1v) is 5.54. The molecule has 1 unspecified atom stereocenters. The second kappa shape index (κ2) is 4.99. The standard InChI is InChI=1S/C12H17N3O/c1-3-13-11(9-10-5-4-8-16-10)12-14-6-7-15(12)2/h4-8,11,13H,3,9H2,1-2H3. The Morgan fingerprint density at radius 2 is 2.44 bits per heavy atom. The summed E-state index contributed by atoms with van der Waals surface area (Å²) >= 11 is 0. The van der Waals surface area contributed by atoms with Gasteiger partial charge in [0.05, 0.1) is 12.3 Å². The first-order valence-electron chi connectivity index (χ1n) is 5.54. The van der Waals surface area contributed by atoms with Gasteiger partial charge in [0.25, 0.3) is 0 Å². The number of hydrogen-bond donors (Lipinski definition) is 1. The smallest absolute Gasteiger partial charge is 0.126 e. The SMILES string of the molecule is CCNC(Cc1ccco1)c1nccn1C. The lowest BCUT2D eigenvalue weighted by Crippen LogP contribution is -2.25. The van der Waals surface area contributed by atoms with Crippen LogP contribution < -0.4 is 5.32 Å². The molecule has 2 rings (SSSR count). The molecule has 4 nitrogen and oxygen atoms in total. The van der Waals surface area contributed by atoms with Gasteiger partial charge in [0.15, 0.2) is 0 Å². The first kappa shape index (κ1) is 11.0. The molecule has 1 atom stereocenters. The maximum Gasteiger partial charge on any atom is 0.126 e. The number of aromatic nitrogens is 2. The Morgan fingerprint density at radius 3 is 3.00 bits per heavy atom. The van der Waals surface area contributed by atoms with Crippen molar-refractivity contribution in [1.29, 1.82) is 0 Å². The monoisotopic (exact) mass is 219 g/mol. The van der Waals surface area contributed by atoms with Crippen LogP contribution in [0.4, 0.5) is 0 Å². The van der Waals surface area contributed by atoms with Crippen LogP contribution in [0.2, 0.25) is 0 Å². The molecule has 0 radical (unpaired) electrons. The van der Waals surface area contributed by atoms with Crippen molar-refractivity contribution >= 4 is 0 Å². The lowest BCUT2D eigenvalue weighted by atomic mass is 10.1. The van der Waals surface area contributed by atoms with Crippen LogP contribution in [0, 0.1) is 0 Å². The van der Waals surface area contributed by atoms with Crippen LogP contribution in [0.1, 0.15) is 24.6 Å². The van der Waals surface area contributed by atoms with Crippen LogP contribution in [0.25, 0.3) is 0 Å². The molecule has 0 amide bonds. The molecule has 0 fully saturated rings. The van der Waals surface area contributed by atoms with Gasteiger partial charge in [-0.05, 0) is 18.7 Å². The number of imidazole rings is 1. The molecule has 0 aliphatic carbocycles. The van der Waals surface area contributed by atoms with Gasteiger partial charge >= 0.3 is 0 Å². The number of nitrogens with one attached hydrogen (secondary N) is 1. The van der Waals surface area contributed by atoms with Gasteiger partial charge in [0, 0.05) is 25.9 Å². The zero-order valence-electron chi connectivity index (χ0n) is 9.68. The van der Waals surface area contributed by atoms with Crippen molar-refractivity contribution in [3.05, 3.63) is 42.4 Å². The van der Waals surface area contributed by atoms with Crippen molar-refractivity contribution in [2.75, 3.05) is 6.54 Å². The van der Waals surface area contributed by atoms with Crippen LogP contribution >= 0.6 is 0 Å². The van der Waals surface area contributed by atoms with E-state index >= 15 is 0 Å². The molecular weight excluding hydrogens is 202 g/mol. The summed E-state index contributed by atoms with van der Waals surface area (Å²) in [5.74, 6) is 2.02. The van der Waals surface area contributed by atoms with E-state index in [2.05, 4.69) is 17.2 Å². The molecule has 2 heterocycles. The third-order valence-electron chi connectivity index (χ3n) is 2.61. The third kappa shape index (κ3) is 2.33. The summed E-state index contributed by atoms with van der Waals surface area (Å²) in [5.41, 5.74) is 0. The quantitative estimate of drug-likeness (QED) is 0.835. The van der Waals surface area contributed by atoms with Gasteiger partial charge < -0.3 is 14.3 Å². The van der Waals surface area contributed by atoms with Crippen molar-refractivity contribution in [3.8, 4) is 0 Å². The summed E-state index contributed by atoms with van der Waals surface area (Å²) in [7, 11) is 2.01. The van der Waals surface area contributed by atoms with Crippen molar-refractivity contribution < 1.29 is 4.42 Å². The first-order chi connectivity index (χ1) is 7.81. The minimum Gasteiger partial charge on any atom is -0.469 e. The van der Waals surface area contributed by atoms with Crippen LogP contribution in [-0.4, -0.2) is 16.1 Å². The zero-order valence-corrected chi connectivity index (χ0v) is 9.68. The number of nitrogens with zero attached hydrogens (tertiary/aromatic N) is 2. The lowest BCUT2D eigenvalue weighted by Gasteiger charge is -2.16. The Labute approximate surface area is 95.3 Å². The van der Waals surface area contributed by atoms with Crippen molar-refractivity contribution in [3.63, 3.8) is 0 Å². The van der Waals surface area contributed by atoms with E-state index in [1.54, 1.807) is 6.26 Å². The van der Waals surface area contributed by atoms with Crippen LogP contribution in [0.3, 0.4) is 0 Å². The predicted octanol–water partition coefficient (Wildman–Crippen LogP) is 1.91. The number of rotatable bonds is 5. The number of hydrogen-bond acceptors (Lipinski definition) is 3. The highest BCUT2D eigenvalue weighted by molar-refractivity contribution is 5.06. The topological polar surface area (TPSA) is 43.0 Å². The minimum absolute atomic E-state index is 0.205. The molecule has 0 saturated carbocycles. The Bertz CT molecular complexity index is 419. The molecule has 1 N–H and O–H groups in total. The molecule has 0 aromatic carbocycles. The van der Waals surface area contributed by atoms with Crippen molar-refractivity contribution in [2.45, 2.75) is 19.4 Å². The summed E-state index contributed by atoms with van der Waals surface area (Å²) < 4.78 is 7.41. The van der Waals surface area contributed by atoms with Crippen molar-refractivity contribution in [2.24, 2.45) is 7.05 Å². The maximum atomic E-state index is 5.37.